The van der Waals surface area contributed by atoms with Crippen molar-refractivity contribution in [2.45, 2.75) is 26.3 Å². The van der Waals surface area contributed by atoms with Crippen LogP contribution in [0.2, 0.25) is 0 Å². The Morgan fingerprint density at radius 1 is 1.10 bits per heavy atom. The Balaban J connectivity index is 1.56. The lowest BCUT2D eigenvalue weighted by atomic mass is 10.1. The average molecular weight is 389 g/mol. The quantitative estimate of drug-likeness (QED) is 0.552. The summed E-state index contributed by atoms with van der Waals surface area (Å²) >= 11 is 0. The van der Waals surface area contributed by atoms with Crippen molar-refractivity contribution in [3.8, 4) is 5.75 Å². The zero-order valence-corrected chi connectivity index (χ0v) is 17.6. The number of carbonyl (C=O) groups excluding carboxylic acids is 1. The Kier molecular flexibility index (Phi) is 4.82. The van der Waals surface area contributed by atoms with E-state index in [0.29, 0.717) is 5.69 Å². The molecule has 0 spiro atoms. The molecule has 0 saturated heterocycles. The second-order valence-electron chi connectivity index (χ2n) is 7.88. The summed E-state index contributed by atoms with van der Waals surface area (Å²) in [5.74, 6) is 0.791. The van der Waals surface area contributed by atoms with Crippen LogP contribution in [0, 0.1) is 6.92 Å². The summed E-state index contributed by atoms with van der Waals surface area (Å²) < 4.78 is 9.46. The van der Waals surface area contributed by atoms with Gasteiger partial charge in [0.15, 0.2) is 0 Å². The second-order valence-corrected chi connectivity index (χ2v) is 7.88. The smallest absolute Gasteiger partial charge is 0.268 e. The maximum Gasteiger partial charge on any atom is 0.268 e. The van der Waals surface area contributed by atoms with E-state index >= 15 is 0 Å². The molecule has 0 aliphatic rings. The molecule has 29 heavy (non-hydrogen) atoms. The molecule has 0 radical (unpaired) electrons. The highest BCUT2D eigenvalue weighted by Gasteiger charge is 2.17. The van der Waals surface area contributed by atoms with Gasteiger partial charge in [0, 0.05) is 48.1 Å². The summed E-state index contributed by atoms with van der Waals surface area (Å²) in [6, 6.07) is 14.3. The van der Waals surface area contributed by atoms with E-state index in [1.165, 1.54) is 11.1 Å². The molecule has 1 amide bonds. The predicted molar refractivity (Wildman–Crippen MR) is 118 cm³/mol. The molecule has 4 aromatic rings. The normalized spacial score (nSPS) is 12.4. The highest BCUT2D eigenvalue weighted by atomic mass is 16.5. The van der Waals surface area contributed by atoms with Gasteiger partial charge in [-0.2, -0.15) is 0 Å². The minimum atomic E-state index is -0.0494. The van der Waals surface area contributed by atoms with Crippen LogP contribution in [0.3, 0.4) is 0 Å². The van der Waals surface area contributed by atoms with Gasteiger partial charge in [-0.25, -0.2) is 0 Å². The van der Waals surface area contributed by atoms with Crippen LogP contribution in [-0.4, -0.2) is 28.2 Å². The molecule has 1 atom stereocenters. The fraction of sp³-hybridized carbons (Fsp3) is 0.292. The number of rotatable bonds is 5. The molecule has 0 fully saturated rings. The summed E-state index contributed by atoms with van der Waals surface area (Å²) in [6.07, 6.45) is 2.88. The molecule has 0 bridgehead atoms. The minimum absolute atomic E-state index is 0.000880. The molecule has 0 aliphatic carbocycles. The van der Waals surface area contributed by atoms with E-state index < -0.39 is 0 Å². The van der Waals surface area contributed by atoms with E-state index in [1.54, 1.807) is 7.11 Å². The van der Waals surface area contributed by atoms with E-state index in [1.807, 2.05) is 37.7 Å². The number of hydrogen-bond donors (Lipinski definition) is 1. The lowest BCUT2D eigenvalue weighted by Gasteiger charge is -2.14. The molecule has 5 nitrogen and oxygen atoms in total. The summed E-state index contributed by atoms with van der Waals surface area (Å²) in [6.45, 7) is 4.11. The van der Waals surface area contributed by atoms with E-state index in [-0.39, 0.29) is 11.9 Å². The van der Waals surface area contributed by atoms with Crippen LogP contribution in [-0.2, 0) is 20.5 Å². The van der Waals surface area contributed by atoms with Gasteiger partial charge in [0.2, 0.25) is 0 Å². The van der Waals surface area contributed by atoms with Gasteiger partial charge < -0.3 is 19.2 Å². The molecule has 0 unspecified atom stereocenters. The van der Waals surface area contributed by atoms with Crippen molar-refractivity contribution in [3.63, 3.8) is 0 Å². The minimum Gasteiger partial charge on any atom is -0.497 e. The second kappa shape index (κ2) is 7.32. The van der Waals surface area contributed by atoms with Crippen molar-refractivity contribution >= 4 is 27.7 Å². The highest BCUT2D eigenvalue weighted by Crippen LogP contribution is 2.26. The van der Waals surface area contributed by atoms with Gasteiger partial charge in [0.1, 0.15) is 11.4 Å². The first-order valence-electron chi connectivity index (χ1n) is 9.86. The summed E-state index contributed by atoms with van der Waals surface area (Å²) in [5.41, 5.74) is 5.28. The third-order valence-electron chi connectivity index (χ3n) is 5.61. The summed E-state index contributed by atoms with van der Waals surface area (Å²) in [5, 5.41) is 5.41. The topological polar surface area (TPSA) is 48.2 Å². The molecular weight excluding hydrogens is 362 g/mol. The van der Waals surface area contributed by atoms with E-state index in [4.69, 9.17) is 4.74 Å². The number of methoxy groups -OCH3 is 1. The van der Waals surface area contributed by atoms with Crippen LogP contribution in [0.4, 0.5) is 0 Å². The lowest BCUT2D eigenvalue weighted by Crippen LogP contribution is -2.35. The van der Waals surface area contributed by atoms with Crippen molar-refractivity contribution in [2.24, 2.45) is 14.1 Å². The molecule has 5 heteroatoms. The van der Waals surface area contributed by atoms with Crippen LogP contribution in [0.15, 0.2) is 48.7 Å². The number of fused-ring (bicyclic) bond motifs is 2. The van der Waals surface area contributed by atoms with Crippen LogP contribution in [0.5, 0.6) is 5.75 Å². The number of hydrogen-bond acceptors (Lipinski definition) is 2. The number of aromatic nitrogens is 2. The molecule has 2 aromatic carbocycles. The fourth-order valence-electron chi connectivity index (χ4n) is 4.11. The van der Waals surface area contributed by atoms with Gasteiger partial charge in [-0.3, -0.25) is 4.79 Å². The van der Waals surface area contributed by atoms with Gasteiger partial charge in [0.05, 0.1) is 7.11 Å². The Bertz CT molecular complexity index is 1220. The standard InChI is InChI=1S/C24H27N3O2/c1-15-6-8-21-17(10-15)12-23(27(21)4)24(28)25-16(2)11-18-14-26(3)22-9-7-19(29-5)13-20(18)22/h6-10,12-14,16H,11H2,1-5H3,(H,25,28)/t16-/m0/s1. The van der Waals surface area contributed by atoms with E-state index in [2.05, 4.69) is 53.3 Å². The molecule has 4 rings (SSSR count). The summed E-state index contributed by atoms with van der Waals surface area (Å²) in [7, 11) is 5.66. The predicted octanol–water partition coefficient (Wildman–Crippen LogP) is 4.35. The van der Waals surface area contributed by atoms with Crippen LogP contribution in [0.25, 0.3) is 21.8 Å². The zero-order chi connectivity index (χ0) is 20.7. The number of amides is 1. The first-order chi connectivity index (χ1) is 13.9. The van der Waals surface area contributed by atoms with Gasteiger partial charge in [-0.15, -0.1) is 0 Å². The maximum absolute atomic E-state index is 12.9. The van der Waals surface area contributed by atoms with E-state index in [0.717, 1.165) is 34.0 Å². The summed E-state index contributed by atoms with van der Waals surface area (Å²) in [4.78, 5) is 12.9. The Morgan fingerprint density at radius 3 is 2.62 bits per heavy atom. The van der Waals surface area contributed by atoms with Crippen molar-refractivity contribution in [1.29, 1.82) is 0 Å². The largest absolute Gasteiger partial charge is 0.497 e. The number of benzene rings is 2. The maximum atomic E-state index is 12.9. The van der Waals surface area contributed by atoms with Crippen molar-refractivity contribution in [1.82, 2.24) is 14.5 Å². The van der Waals surface area contributed by atoms with Crippen LogP contribution >= 0.6 is 0 Å². The highest BCUT2D eigenvalue weighted by molar-refractivity contribution is 5.99. The molecular formula is C24H27N3O2. The third kappa shape index (κ3) is 3.48. The number of nitrogens with one attached hydrogen (secondary N) is 1. The number of carbonyl (C=O) groups is 1. The first-order valence-corrected chi connectivity index (χ1v) is 9.86. The first kappa shape index (κ1) is 19.1. The third-order valence-corrected chi connectivity index (χ3v) is 5.61. The Morgan fingerprint density at radius 2 is 1.86 bits per heavy atom. The van der Waals surface area contributed by atoms with Gasteiger partial charge in [-0.05, 0) is 62.2 Å². The molecule has 0 saturated carbocycles. The monoisotopic (exact) mass is 389 g/mol. The van der Waals surface area contributed by atoms with Crippen molar-refractivity contribution in [2.75, 3.05) is 7.11 Å². The molecule has 150 valence electrons. The molecule has 2 aromatic heterocycles. The average Bonchev–Trinajstić information content (AvgIpc) is 3.18. The van der Waals surface area contributed by atoms with Crippen molar-refractivity contribution < 1.29 is 9.53 Å². The van der Waals surface area contributed by atoms with Gasteiger partial charge >= 0.3 is 0 Å². The molecule has 0 aliphatic heterocycles. The Hall–Kier alpha value is -3.21. The molecule has 2 heterocycles. The lowest BCUT2D eigenvalue weighted by molar-refractivity contribution is 0.0932. The number of ether oxygens (including phenoxy) is 1. The SMILES string of the molecule is COc1ccc2c(c1)c(C[C@H](C)NC(=O)c1cc3cc(C)ccc3n1C)cn2C. The van der Waals surface area contributed by atoms with E-state index in [9.17, 15) is 4.79 Å². The van der Waals surface area contributed by atoms with Gasteiger partial charge in [-0.1, -0.05) is 11.6 Å². The fourth-order valence-corrected chi connectivity index (χ4v) is 4.11. The Labute approximate surface area is 170 Å². The molecule has 1 N–H and O–H groups in total. The number of nitrogens with zero attached hydrogens (tertiary/aromatic N) is 2. The van der Waals surface area contributed by atoms with Gasteiger partial charge in [0.25, 0.3) is 5.91 Å². The van der Waals surface area contributed by atoms with Crippen molar-refractivity contribution in [3.05, 3.63) is 65.5 Å². The van der Waals surface area contributed by atoms with Crippen LogP contribution < -0.4 is 10.1 Å². The van der Waals surface area contributed by atoms with Crippen LogP contribution in [0.1, 0.15) is 28.5 Å². The zero-order valence-electron chi connectivity index (χ0n) is 17.6. The number of aryl methyl sites for hydroxylation is 3.